The summed E-state index contributed by atoms with van der Waals surface area (Å²) in [7, 11) is 0. The van der Waals surface area contributed by atoms with Crippen LogP contribution in [-0.4, -0.2) is 133 Å². The van der Waals surface area contributed by atoms with E-state index >= 15 is 0 Å². The zero-order chi connectivity index (χ0) is 35.5. The van der Waals surface area contributed by atoms with Crippen molar-refractivity contribution in [1.82, 2.24) is 10.2 Å². The Morgan fingerprint density at radius 2 is 1.82 bits per heavy atom. The maximum Gasteiger partial charge on any atom is 0.342 e. The number of hydrogen-bond donors (Lipinski definition) is 7. The van der Waals surface area contributed by atoms with Crippen LogP contribution in [0.1, 0.15) is 54.9 Å². The Bertz CT molecular complexity index is 1400. The van der Waals surface area contributed by atoms with Crippen molar-refractivity contribution in [3.05, 3.63) is 47.6 Å². The van der Waals surface area contributed by atoms with E-state index in [-0.39, 0.29) is 60.1 Å². The monoisotopic (exact) mass is 707 g/mol. The Hall–Kier alpha value is -3.67. The molecule has 0 spiro atoms. The van der Waals surface area contributed by atoms with Crippen molar-refractivity contribution in [2.45, 2.75) is 87.4 Å². The number of esters is 1. The number of phenols is 2. The molecule has 270 valence electrons. The average molecular weight is 708 g/mol. The van der Waals surface area contributed by atoms with E-state index in [2.05, 4.69) is 10.5 Å². The second-order valence-corrected chi connectivity index (χ2v) is 13.3. The number of amides is 2. The molecule has 49 heavy (non-hydrogen) atoms. The summed E-state index contributed by atoms with van der Waals surface area (Å²) in [6.07, 6.45) is 3.85. The fourth-order valence-corrected chi connectivity index (χ4v) is 6.62. The lowest BCUT2D eigenvalue weighted by atomic mass is 9.99. The normalized spacial score (nSPS) is 30.4. The largest absolute Gasteiger partial charge is 0.508 e. The highest BCUT2D eigenvalue weighted by atomic mass is 32.2. The second kappa shape index (κ2) is 18.4. The van der Waals surface area contributed by atoms with Gasteiger partial charge in [-0.2, -0.15) is 0 Å². The summed E-state index contributed by atoms with van der Waals surface area (Å²) in [5, 5.41) is 67.6. The van der Waals surface area contributed by atoms with E-state index < -0.39 is 66.2 Å². The minimum absolute atomic E-state index is 0.0855. The van der Waals surface area contributed by atoms with Gasteiger partial charge in [-0.25, -0.2) is 4.79 Å². The third-order valence-corrected chi connectivity index (χ3v) is 9.40. The molecule has 2 saturated heterocycles. The van der Waals surface area contributed by atoms with Gasteiger partial charge in [0.05, 0.1) is 24.1 Å². The Morgan fingerprint density at radius 3 is 2.55 bits per heavy atom. The number of carbonyl (C=O) groups excluding carboxylic acids is 3. The number of cyclic esters (lactones) is 1. The molecule has 1 aromatic rings. The van der Waals surface area contributed by atoms with Crippen LogP contribution >= 0.6 is 11.8 Å². The molecule has 3 aliphatic rings. The van der Waals surface area contributed by atoms with Gasteiger partial charge in [0.2, 0.25) is 5.91 Å². The molecule has 7 N–H and O–H groups in total. The highest BCUT2D eigenvalue weighted by Gasteiger charge is 2.43. The minimum Gasteiger partial charge on any atom is -0.508 e. The Morgan fingerprint density at radius 1 is 1.06 bits per heavy atom. The topological polar surface area (TPSA) is 228 Å². The summed E-state index contributed by atoms with van der Waals surface area (Å²) in [5.74, 6) is -2.39. The number of oxime groups is 1. The third-order valence-electron chi connectivity index (χ3n) is 8.26. The first-order valence-corrected chi connectivity index (χ1v) is 17.3. The average Bonchev–Trinajstić information content (AvgIpc) is 3.06. The molecule has 0 saturated carbocycles. The van der Waals surface area contributed by atoms with Gasteiger partial charge in [0.15, 0.2) is 6.61 Å². The number of ether oxygens (including phenoxy) is 2. The maximum absolute atomic E-state index is 13.2. The second-order valence-electron chi connectivity index (χ2n) is 12.2. The van der Waals surface area contributed by atoms with E-state index in [9.17, 15) is 45.0 Å². The van der Waals surface area contributed by atoms with Gasteiger partial charge in [-0.05, 0) is 50.3 Å². The molecular weight excluding hydrogens is 662 g/mol. The molecule has 0 bridgehead atoms. The van der Waals surface area contributed by atoms with E-state index in [1.807, 2.05) is 0 Å². The summed E-state index contributed by atoms with van der Waals surface area (Å²) in [5.41, 5.74) is -0.744. The first-order valence-electron chi connectivity index (χ1n) is 16.2. The van der Waals surface area contributed by atoms with Gasteiger partial charge in [-0.3, -0.25) is 9.59 Å². The molecule has 15 nitrogen and oxygen atoms in total. The van der Waals surface area contributed by atoms with Crippen molar-refractivity contribution in [3.63, 3.8) is 0 Å². The SMILES string of the molecule is C[C@@H]1C/C=C/[C@H](NC(=O)CS[C@H]2O[C@H](CO)[C@H](O)C(O)C2O)C/C=C/C(=N/OCC(=O)N2CCCCC2)Cc2cc(O)cc(O)c2C(=O)O1. The molecular formula is C33H45N3O12S. The van der Waals surface area contributed by atoms with Gasteiger partial charge in [0.1, 0.15) is 53.0 Å². The van der Waals surface area contributed by atoms with Crippen molar-refractivity contribution in [2.75, 3.05) is 32.1 Å². The number of piperidine rings is 1. The number of aliphatic hydroxyl groups excluding tert-OH is 4. The first kappa shape index (κ1) is 38.1. The smallest absolute Gasteiger partial charge is 0.342 e. The summed E-state index contributed by atoms with van der Waals surface area (Å²) in [6, 6.07) is 1.80. The lowest BCUT2D eigenvalue weighted by Crippen LogP contribution is -2.57. The van der Waals surface area contributed by atoms with Crippen molar-refractivity contribution >= 4 is 35.3 Å². The highest BCUT2D eigenvalue weighted by molar-refractivity contribution is 8.00. The number of benzene rings is 1. The molecule has 0 aliphatic carbocycles. The number of likely N-dealkylation sites (tertiary alicyclic amines) is 1. The number of carbonyl (C=O) groups is 3. The summed E-state index contributed by atoms with van der Waals surface area (Å²) >= 11 is 0.900. The zero-order valence-electron chi connectivity index (χ0n) is 27.2. The van der Waals surface area contributed by atoms with Gasteiger partial charge in [-0.1, -0.05) is 23.4 Å². The maximum atomic E-state index is 13.2. The number of thioether (sulfide) groups is 1. The number of hydrogen-bond acceptors (Lipinski definition) is 14. The summed E-state index contributed by atoms with van der Waals surface area (Å²) < 4.78 is 11.0. The molecule has 3 aliphatic heterocycles. The van der Waals surface area contributed by atoms with Gasteiger partial charge in [0, 0.05) is 32.0 Å². The van der Waals surface area contributed by atoms with Crippen molar-refractivity contribution < 1.29 is 59.3 Å². The van der Waals surface area contributed by atoms with Crippen LogP contribution in [0.5, 0.6) is 11.5 Å². The van der Waals surface area contributed by atoms with E-state index in [0.717, 1.165) is 37.1 Å². The van der Waals surface area contributed by atoms with E-state index in [1.54, 1.807) is 36.1 Å². The number of allylic oxidation sites excluding steroid dienone is 1. The molecule has 2 amide bonds. The Labute approximate surface area is 288 Å². The molecule has 0 radical (unpaired) electrons. The fraction of sp³-hybridized carbons (Fsp3) is 0.576. The summed E-state index contributed by atoms with van der Waals surface area (Å²) in [6.45, 7) is 2.07. The quantitative estimate of drug-likeness (QED) is 0.111. The van der Waals surface area contributed by atoms with Gasteiger partial charge in [-0.15, -0.1) is 11.8 Å². The summed E-state index contributed by atoms with van der Waals surface area (Å²) in [4.78, 5) is 45.9. The number of phenolic OH excluding ortho intramolecular Hbond substituents is 2. The first-order chi connectivity index (χ1) is 23.5. The van der Waals surface area contributed by atoms with E-state index in [0.29, 0.717) is 13.1 Å². The number of aliphatic hydroxyl groups is 4. The number of fused-ring (bicyclic) bond motifs is 1. The van der Waals surface area contributed by atoms with Crippen LogP contribution in [0.15, 0.2) is 41.6 Å². The third kappa shape index (κ3) is 10.9. The number of aromatic hydroxyl groups is 2. The van der Waals surface area contributed by atoms with Crippen molar-refractivity contribution in [3.8, 4) is 11.5 Å². The fourth-order valence-electron chi connectivity index (χ4n) is 5.64. The zero-order valence-corrected chi connectivity index (χ0v) is 28.0. The Balaban J connectivity index is 1.50. The van der Waals surface area contributed by atoms with E-state index in [4.69, 9.17) is 14.3 Å². The molecule has 2 unspecified atom stereocenters. The predicted molar refractivity (Wildman–Crippen MR) is 178 cm³/mol. The molecule has 4 rings (SSSR count). The molecule has 7 atom stereocenters. The predicted octanol–water partition coefficient (Wildman–Crippen LogP) is 0.495. The van der Waals surface area contributed by atoms with Crippen LogP contribution in [0.3, 0.4) is 0 Å². The van der Waals surface area contributed by atoms with Crippen LogP contribution in [0.25, 0.3) is 0 Å². The number of nitrogens with one attached hydrogen (secondary N) is 1. The number of nitrogens with zero attached hydrogens (tertiary/aromatic N) is 2. The van der Waals surface area contributed by atoms with Crippen LogP contribution in [0.2, 0.25) is 0 Å². The van der Waals surface area contributed by atoms with Gasteiger partial charge in [0.25, 0.3) is 5.91 Å². The molecule has 1 aromatic carbocycles. The van der Waals surface area contributed by atoms with Crippen LogP contribution in [0.4, 0.5) is 0 Å². The minimum atomic E-state index is -1.56. The van der Waals surface area contributed by atoms with Gasteiger partial charge < -0.3 is 55.2 Å². The van der Waals surface area contributed by atoms with Crippen LogP contribution in [-0.2, 0) is 30.3 Å². The van der Waals surface area contributed by atoms with Crippen LogP contribution in [0, 0.1) is 0 Å². The van der Waals surface area contributed by atoms with Gasteiger partial charge >= 0.3 is 5.97 Å². The van der Waals surface area contributed by atoms with Crippen molar-refractivity contribution in [2.24, 2.45) is 5.16 Å². The highest BCUT2D eigenvalue weighted by Crippen LogP contribution is 2.30. The van der Waals surface area contributed by atoms with E-state index in [1.165, 1.54) is 6.07 Å². The lowest BCUT2D eigenvalue weighted by molar-refractivity contribution is -0.205. The van der Waals surface area contributed by atoms with Crippen molar-refractivity contribution in [1.29, 1.82) is 0 Å². The Kier molecular flexibility index (Phi) is 14.3. The molecule has 0 aromatic heterocycles. The standard InChI is InChI=1S/C33H45N3O12S/c1-19-7-5-8-21(34-26(40)18-49-33-31(44)30(43)29(42)25(16-37)48-33)9-6-10-22(35-46-17-27(41)36-11-3-2-4-12-36)13-20-14-23(38)15-24(39)28(20)32(45)47-19/h5-6,8,10,14-15,19,21,25,29-31,33,37-39,42-44H,2-4,7,9,11-13,16-18H2,1H3,(H,34,40)/b8-5+,10-6+,35-22-/t19-,21+,25-,29+,30?,31?,33-/m1/s1. The van der Waals surface area contributed by atoms with Crippen LogP contribution < -0.4 is 5.32 Å². The molecule has 3 heterocycles. The molecule has 2 fully saturated rings. The lowest BCUT2D eigenvalue weighted by Gasteiger charge is -2.39. The number of rotatable bonds is 8. The molecule has 16 heteroatoms.